The van der Waals surface area contributed by atoms with Crippen molar-refractivity contribution in [2.75, 3.05) is 20.8 Å². The summed E-state index contributed by atoms with van der Waals surface area (Å²) in [6, 6.07) is 8.48. The molecule has 0 aliphatic heterocycles. The first-order chi connectivity index (χ1) is 14.4. The van der Waals surface area contributed by atoms with Gasteiger partial charge in [-0.25, -0.2) is 22.6 Å². The Kier molecular flexibility index (Phi) is 5.67. The molecule has 11 heteroatoms. The zero-order chi connectivity index (χ0) is 21.3. The Bertz CT molecular complexity index is 1190. The number of methoxy groups -OCH3 is 2. The molecule has 1 aromatic carbocycles. The van der Waals surface area contributed by atoms with Crippen LogP contribution in [0.15, 0.2) is 45.4 Å². The molecule has 2 heterocycles. The summed E-state index contributed by atoms with van der Waals surface area (Å²) < 4.78 is 41.3. The number of ether oxygens (including phenoxy) is 2. The highest BCUT2D eigenvalue weighted by atomic mass is 32.2. The fraction of sp³-hybridized carbons (Fsp3) is 0.368. The number of nitrogens with one attached hydrogen (secondary N) is 1. The lowest BCUT2D eigenvalue weighted by atomic mass is 10.3. The third kappa shape index (κ3) is 4.00. The molecule has 3 aromatic rings. The molecule has 2 aromatic heterocycles. The van der Waals surface area contributed by atoms with Gasteiger partial charge in [-0.1, -0.05) is 6.07 Å². The van der Waals surface area contributed by atoms with Crippen LogP contribution in [0.3, 0.4) is 0 Å². The van der Waals surface area contributed by atoms with Crippen molar-refractivity contribution < 1.29 is 17.9 Å². The van der Waals surface area contributed by atoms with Crippen LogP contribution in [0.5, 0.6) is 11.5 Å². The van der Waals surface area contributed by atoms with Crippen LogP contribution in [-0.4, -0.2) is 43.5 Å². The van der Waals surface area contributed by atoms with Gasteiger partial charge < -0.3 is 9.47 Å². The normalized spacial score (nSPS) is 14.1. The van der Waals surface area contributed by atoms with Crippen molar-refractivity contribution in [2.45, 2.75) is 30.3 Å². The first-order valence-corrected chi connectivity index (χ1v) is 11.8. The third-order valence-corrected chi connectivity index (χ3v) is 7.17. The summed E-state index contributed by atoms with van der Waals surface area (Å²) >= 11 is 1.52. The number of hydrogen-bond donors (Lipinski definition) is 1. The second-order valence-electron chi connectivity index (χ2n) is 6.82. The van der Waals surface area contributed by atoms with Gasteiger partial charge >= 0.3 is 5.69 Å². The Hall–Kier alpha value is -2.63. The molecule has 4 rings (SSSR count). The van der Waals surface area contributed by atoms with Crippen LogP contribution in [0.2, 0.25) is 0 Å². The summed E-state index contributed by atoms with van der Waals surface area (Å²) in [5.41, 5.74) is -0.220. The lowest BCUT2D eigenvalue weighted by molar-refractivity contribution is 0.386. The van der Waals surface area contributed by atoms with Crippen LogP contribution >= 0.6 is 11.3 Å². The summed E-state index contributed by atoms with van der Waals surface area (Å²) in [5.74, 6) is 1.30. The van der Waals surface area contributed by atoms with Crippen molar-refractivity contribution >= 4 is 21.4 Å². The van der Waals surface area contributed by atoms with Gasteiger partial charge in [0.25, 0.3) is 0 Å². The molecule has 1 saturated carbocycles. The van der Waals surface area contributed by atoms with Gasteiger partial charge in [-0.15, -0.1) is 16.4 Å². The largest absolute Gasteiger partial charge is 0.497 e. The standard InChI is InChI=1S/C19H22N4O5S2/c1-27-14-7-8-17(15(12-14)28-2)30(25,26)20-9-10-22-19(24)23(13-5-6-13)18(21-22)16-4-3-11-29-16/h3-4,7-8,11-13,20H,5-6,9-10H2,1-2H3. The second kappa shape index (κ2) is 8.25. The maximum atomic E-state index is 12.8. The van der Waals surface area contributed by atoms with Crippen LogP contribution in [0.25, 0.3) is 10.7 Å². The van der Waals surface area contributed by atoms with Gasteiger partial charge in [-0.3, -0.25) is 4.57 Å². The summed E-state index contributed by atoms with van der Waals surface area (Å²) in [4.78, 5) is 13.7. The lowest BCUT2D eigenvalue weighted by Gasteiger charge is -2.11. The van der Waals surface area contributed by atoms with E-state index < -0.39 is 10.0 Å². The molecule has 160 valence electrons. The third-order valence-electron chi connectivity index (χ3n) is 4.80. The SMILES string of the molecule is COc1ccc(S(=O)(=O)NCCn2nc(-c3cccs3)n(C3CC3)c2=O)c(OC)c1. The van der Waals surface area contributed by atoms with Gasteiger partial charge in [0, 0.05) is 18.7 Å². The zero-order valence-electron chi connectivity index (χ0n) is 16.6. The van der Waals surface area contributed by atoms with Crippen molar-refractivity contribution in [3.63, 3.8) is 0 Å². The Balaban J connectivity index is 1.52. The van der Waals surface area contributed by atoms with E-state index in [4.69, 9.17) is 9.47 Å². The number of aromatic nitrogens is 3. The van der Waals surface area contributed by atoms with E-state index >= 15 is 0 Å². The van der Waals surface area contributed by atoms with Crippen molar-refractivity contribution in [3.05, 3.63) is 46.2 Å². The van der Waals surface area contributed by atoms with Crippen molar-refractivity contribution in [1.82, 2.24) is 19.1 Å². The van der Waals surface area contributed by atoms with Gasteiger partial charge in [0.05, 0.1) is 25.6 Å². The first kappa shape index (κ1) is 20.6. The van der Waals surface area contributed by atoms with E-state index in [1.807, 2.05) is 17.5 Å². The smallest absolute Gasteiger partial charge is 0.346 e. The number of thiophene rings is 1. The topological polar surface area (TPSA) is 104 Å². The molecule has 0 amide bonds. The van der Waals surface area contributed by atoms with E-state index in [9.17, 15) is 13.2 Å². The summed E-state index contributed by atoms with van der Waals surface area (Å²) in [7, 11) is -0.957. The molecule has 0 bridgehead atoms. The number of rotatable bonds is 9. The number of benzene rings is 1. The molecule has 1 aliphatic carbocycles. The zero-order valence-corrected chi connectivity index (χ0v) is 18.2. The minimum absolute atomic E-state index is 0.000862. The maximum Gasteiger partial charge on any atom is 0.346 e. The average molecular weight is 451 g/mol. The molecule has 0 spiro atoms. The highest BCUT2D eigenvalue weighted by Crippen LogP contribution is 2.37. The molecule has 0 radical (unpaired) electrons. The fourth-order valence-corrected chi connectivity index (χ4v) is 5.04. The van der Waals surface area contributed by atoms with Crippen molar-refractivity contribution in [1.29, 1.82) is 0 Å². The van der Waals surface area contributed by atoms with Crippen molar-refractivity contribution in [3.8, 4) is 22.2 Å². The number of hydrogen-bond acceptors (Lipinski definition) is 7. The minimum Gasteiger partial charge on any atom is -0.497 e. The minimum atomic E-state index is -3.84. The van der Waals surface area contributed by atoms with E-state index in [0.29, 0.717) is 11.6 Å². The second-order valence-corrected chi connectivity index (χ2v) is 9.51. The first-order valence-electron chi connectivity index (χ1n) is 9.39. The van der Waals surface area contributed by atoms with E-state index in [1.165, 1.54) is 42.4 Å². The molecule has 30 heavy (non-hydrogen) atoms. The average Bonchev–Trinajstić information content (AvgIpc) is 3.31. The van der Waals surface area contributed by atoms with Gasteiger partial charge in [0.2, 0.25) is 10.0 Å². The van der Waals surface area contributed by atoms with Gasteiger partial charge in [0.15, 0.2) is 5.82 Å². The summed E-state index contributed by atoms with van der Waals surface area (Å²) in [6.07, 6.45) is 1.90. The summed E-state index contributed by atoms with van der Waals surface area (Å²) in [5, 5.41) is 6.40. The van der Waals surface area contributed by atoms with E-state index in [-0.39, 0.29) is 35.5 Å². The van der Waals surface area contributed by atoms with E-state index in [0.717, 1.165) is 17.7 Å². The monoisotopic (exact) mass is 450 g/mol. The Morgan fingerprint density at radius 1 is 1.23 bits per heavy atom. The summed E-state index contributed by atoms with van der Waals surface area (Å²) in [6.45, 7) is 0.137. The Labute approximate surface area is 177 Å². The lowest BCUT2D eigenvalue weighted by Crippen LogP contribution is -2.32. The predicted octanol–water partition coefficient (Wildman–Crippen LogP) is 2.10. The highest BCUT2D eigenvalue weighted by molar-refractivity contribution is 7.89. The maximum absolute atomic E-state index is 12.8. The van der Waals surface area contributed by atoms with Gasteiger partial charge in [-0.2, -0.15) is 0 Å². The van der Waals surface area contributed by atoms with Crippen LogP contribution in [0.1, 0.15) is 18.9 Å². The molecule has 0 unspecified atom stereocenters. The molecule has 1 fully saturated rings. The highest BCUT2D eigenvalue weighted by Gasteiger charge is 2.30. The molecule has 9 nitrogen and oxygen atoms in total. The molecule has 0 saturated heterocycles. The van der Waals surface area contributed by atoms with Crippen LogP contribution in [0.4, 0.5) is 0 Å². The molecule has 1 aliphatic rings. The van der Waals surface area contributed by atoms with Gasteiger partial charge in [-0.05, 0) is 36.4 Å². The van der Waals surface area contributed by atoms with Gasteiger partial charge in [0.1, 0.15) is 16.4 Å². The van der Waals surface area contributed by atoms with E-state index in [2.05, 4.69) is 9.82 Å². The Morgan fingerprint density at radius 3 is 2.67 bits per heavy atom. The fourth-order valence-electron chi connectivity index (χ4n) is 3.16. The predicted molar refractivity (Wildman–Crippen MR) is 113 cm³/mol. The quantitative estimate of drug-likeness (QED) is 0.535. The molecule has 0 atom stereocenters. The van der Waals surface area contributed by atoms with Crippen LogP contribution < -0.4 is 19.9 Å². The number of sulfonamides is 1. The van der Waals surface area contributed by atoms with Crippen LogP contribution in [0, 0.1) is 0 Å². The van der Waals surface area contributed by atoms with Crippen LogP contribution in [-0.2, 0) is 16.6 Å². The van der Waals surface area contributed by atoms with E-state index in [1.54, 1.807) is 10.6 Å². The number of nitrogens with zero attached hydrogens (tertiary/aromatic N) is 3. The molecular formula is C19H22N4O5S2. The molecule has 1 N–H and O–H groups in total. The molecular weight excluding hydrogens is 428 g/mol. The Morgan fingerprint density at radius 2 is 2.03 bits per heavy atom. The van der Waals surface area contributed by atoms with Crippen molar-refractivity contribution in [2.24, 2.45) is 0 Å².